The smallest absolute Gasteiger partial charge is 0.307 e. The molecule has 0 saturated heterocycles. The first kappa shape index (κ1) is 15.7. The highest BCUT2D eigenvalue weighted by molar-refractivity contribution is 5.95. The number of carbonyl (C=O) groups is 2. The van der Waals surface area contributed by atoms with Gasteiger partial charge in [0.15, 0.2) is 0 Å². The fourth-order valence-corrected chi connectivity index (χ4v) is 2.50. The minimum Gasteiger partial charge on any atom is -0.481 e. The van der Waals surface area contributed by atoms with Crippen molar-refractivity contribution in [3.63, 3.8) is 0 Å². The summed E-state index contributed by atoms with van der Waals surface area (Å²) < 4.78 is 0. The van der Waals surface area contributed by atoms with E-state index in [0.717, 1.165) is 0 Å². The Morgan fingerprint density at radius 1 is 1.27 bits per heavy atom. The summed E-state index contributed by atoms with van der Waals surface area (Å²) in [6.07, 6.45) is 4.18. The zero-order valence-corrected chi connectivity index (χ0v) is 12.0. The first-order chi connectivity index (χ1) is 10.4. The second-order valence-corrected chi connectivity index (χ2v) is 5.24. The molecule has 1 amide bonds. The summed E-state index contributed by atoms with van der Waals surface area (Å²) in [5.74, 6) is -2.90. The number of benzene rings is 1. The van der Waals surface area contributed by atoms with Gasteiger partial charge in [0.05, 0.1) is 16.8 Å². The maximum Gasteiger partial charge on any atom is 0.307 e. The third-order valence-electron chi connectivity index (χ3n) is 3.76. The van der Waals surface area contributed by atoms with Gasteiger partial charge in [-0.25, -0.2) is 0 Å². The number of aliphatic carboxylic acids is 1. The number of anilines is 1. The number of nitro groups is 1. The Labute approximate surface area is 126 Å². The standard InChI is InChI=1S/C15H16N2O5/c1-9-6-7-10(8-13(9)17(21)22)16-14(18)11-4-2-3-5-12(11)15(19)20/h2-3,6-8,11-12H,4-5H2,1H3,(H,16,18)(H,19,20)/t11-,12+/m1/s1. The van der Waals surface area contributed by atoms with E-state index in [0.29, 0.717) is 24.1 Å². The van der Waals surface area contributed by atoms with Gasteiger partial charge in [0, 0.05) is 17.3 Å². The van der Waals surface area contributed by atoms with Crippen LogP contribution in [0, 0.1) is 28.9 Å². The number of carbonyl (C=O) groups excluding carboxylic acids is 1. The lowest BCUT2D eigenvalue weighted by Gasteiger charge is -2.24. The van der Waals surface area contributed by atoms with Crippen molar-refractivity contribution < 1.29 is 19.6 Å². The van der Waals surface area contributed by atoms with E-state index >= 15 is 0 Å². The lowest BCUT2D eigenvalue weighted by molar-refractivity contribution is -0.385. The summed E-state index contributed by atoms with van der Waals surface area (Å²) in [6.45, 7) is 1.61. The largest absolute Gasteiger partial charge is 0.481 e. The highest BCUT2D eigenvalue weighted by Crippen LogP contribution is 2.28. The summed E-state index contributed by atoms with van der Waals surface area (Å²) in [5, 5.41) is 22.7. The van der Waals surface area contributed by atoms with Crippen molar-refractivity contribution in [3.05, 3.63) is 46.0 Å². The third-order valence-corrected chi connectivity index (χ3v) is 3.76. The van der Waals surface area contributed by atoms with Crippen molar-refractivity contribution in [3.8, 4) is 0 Å². The molecule has 116 valence electrons. The summed E-state index contributed by atoms with van der Waals surface area (Å²) in [7, 11) is 0. The first-order valence-electron chi connectivity index (χ1n) is 6.84. The fourth-order valence-electron chi connectivity index (χ4n) is 2.50. The molecular weight excluding hydrogens is 288 g/mol. The van der Waals surface area contributed by atoms with E-state index in [1.807, 2.05) is 0 Å². The van der Waals surface area contributed by atoms with Crippen LogP contribution < -0.4 is 5.32 Å². The van der Waals surface area contributed by atoms with E-state index in [1.54, 1.807) is 31.2 Å². The Hall–Kier alpha value is -2.70. The molecular formula is C15H16N2O5. The second kappa shape index (κ2) is 6.38. The molecule has 22 heavy (non-hydrogen) atoms. The van der Waals surface area contributed by atoms with Gasteiger partial charge in [-0.2, -0.15) is 0 Å². The van der Waals surface area contributed by atoms with Crippen molar-refractivity contribution in [1.29, 1.82) is 0 Å². The average molecular weight is 304 g/mol. The van der Waals surface area contributed by atoms with Crippen LogP contribution in [-0.4, -0.2) is 21.9 Å². The van der Waals surface area contributed by atoms with Crippen molar-refractivity contribution in [2.24, 2.45) is 11.8 Å². The molecule has 7 heteroatoms. The lowest BCUT2D eigenvalue weighted by Crippen LogP contribution is -2.34. The number of nitrogens with one attached hydrogen (secondary N) is 1. The molecule has 0 spiro atoms. The number of carboxylic acid groups (broad SMARTS) is 1. The van der Waals surface area contributed by atoms with Crippen molar-refractivity contribution in [1.82, 2.24) is 0 Å². The monoisotopic (exact) mass is 304 g/mol. The van der Waals surface area contributed by atoms with Crippen LogP contribution in [0.4, 0.5) is 11.4 Å². The molecule has 1 aromatic rings. The first-order valence-corrected chi connectivity index (χ1v) is 6.84. The molecule has 0 aromatic heterocycles. The molecule has 0 unspecified atom stereocenters. The Morgan fingerprint density at radius 2 is 1.91 bits per heavy atom. The van der Waals surface area contributed by atoms with Gasteiger partial charge in [0.2, 0.25) is 5.91 Å². The van der Waals surface area contributed by atoms with E-state index in [1.165, 1.54) is 6.07 Å². The average Bonchev–Trinajstić information content (AvgIpc) is 2.48. The molecule has 2 atom stereocenters. The Morgan fingerprint density at radius 3 is 2.50 bits per heavy atom. The quantitative estimate of drug-likeness (QED) is 0.504. The van der Waals surface area contributed by atoms with E-state index in [4.69, 9.17) is 0 Å². The molecule has 1 aromatic carbocycles. The number of hydrogen-bond acceptors (Lipinski definition) is 4. The van der Waals surface area contributed by atoms with Gasteiger partial charge in [-0.15, -0.1) is 0 Å². The highest BCUT2D eigenvalue weighted by Gasteiger charge is 2.34. The normalized spacial score (nSPS) is 20.4. The van der Waals surface area contributed by atoms with E-state index in [-0.39, 0.29) is 5.69 Å². The second-order valence-electron chi connectivity index (χ2n) is 5.24. The van der Waals surface area contributed by atoms with E-state index in [9.17, 15) is 24.8 Å². The number of nitro benzene ring substituents is 1. The molecule has 0 aliphatic heterocycles. The number of hydrogen-bond donors (Lipinski definition) is 2. The van der Waals surface area contributed by atoms with Crippen molar-refractivity contribution >= 4 is 23.3 Å². The summed E-state index contributed by atoms with van der Waals surface area (Å²) in [4.78, 5) is 33.9. The minimum atomic E-state index is -1.01. The van der Waals surface area contributed by atoms with Crippen LogP contribution in [0.5, 0.6) is 0 Å². The molecule has 2 rings (SSSR count). The van der Waals surface area contributed by atoms with Crippen molar-refractivity contribution in [2.45, 2.75) is 19.8 Å². The predicted molar refractivity (Wildman–Crippen MR) is 79.5 cm³/mol. The molecule has 0 radical (unpaired) electrons. The van der Waals surface area contributed by atoms with Gasteiger partial charge in [-0.1, -0.05) is 18.2 Å². The van der Waals surface area contributed by atoms with Crippen LogP contribution in [0.15, 0.2) is 30.4 Å². The minimum absolute atomic E-state index is 0.0869. The number of aryl methyl sites for hydroxylation is 1. The summed E-state index contributed by atoms with van der Waals surface area (Å²) >= 11 is 0. The Balaban J connectivity index is 2.18. The number of carboxylic acids is 1. The molecule has 1 aliphatic rings. The molecule has 0 heterocycles. The maximum atomic E-state index is 12.3. The molecule has 1 aliphatic carbocycles. The summed E-state index contributed by atoms with van der Waals surface area (Å²) in [5.41, 5.74) is 0.698. The SMILES string of the molecule is Cc1ccc(NC(=O)[C@@H]2CC=CC[C@@H]2C(=O)O)cc1[N+](=O)[O-]. The van der Waals surface area contributed by atoms with Gasteiger partial charge in [0.25, 0.3) is 5.69 Å². The number of allylic oxidation sites excluding steroid dienone is 2. The number of nitrogens with zero attached hydrogens (tertiary/aromatic N) is 1. The van der Waals surface area contributed by atoms with Crippen LogP contribution in [-0.2, 0) is 9.59 Å². The molecule has 0 bridgehead atoms. The van der Waals surface area contributed by atoms with Gasteiger partial charge in [-0.05, 0) is 25.8 Å². The highest BCUT2D eigenvalue weighted by atomic mass is 16.6. The Kier molecular flexibility index (Phi) is 4.55. The van der Waals surface area contributed by atoms with Crippen LogP contribution in [0.2, 0.25) is 0 Å². The molecule has 0 saturated carbocycles. The van der Waals surface area contributed by atoms with Crippen LogP contribution >= 0.6 is 0 Å². The van der Waals surface area contributed by atoms with Gasteiger partial charge in [-0.3, -0.25) is 19.7 Å². The maximum absolute atomic E-state index is 12.3. The summed E-state index contributed by atoms with van der Waals surface area (Å²) in [6, 6.07) is 4.39. The topological polar surface area (TPSA) is 110 Å². The molecule has 2 N–H and O–H groups in total. The third kappa shape index (κ3) is 3.30. The van der Waals surface area contributed by atoms with Gasteiger partial charge >= 0.3 is 5.97 Å². The molecule has 0 fully saturated rings. The fraction of sp³-hybridized carbons (Fsp3) is 0.333. The Bertz CT molecular complexity index is 653. The lowest BCUT2D eigenvalue weighted by atomic mass is 9.82. The van der Waals surface area contributed by atoms with E-state index < -0.39 is 28.6 Å². The van der Waals surface area contributed by atoms with Gasteiger partial charge in [0.1, 0.15) is 0 Å². The zero-order chi connectivity index (χ0) is 16.3. The van der Waals surface area contributed by atoms with Gasteiger partial charge < -0.3 is 10.4 Å². The van der Waals surface area contributed by atoms with Crippen LogP contribution in [0.3, 0.4) is 0 Å². The predicted octanol–water partition coefficient (Wildman–Crippen LogP) is 2.51. The molecule has 7 nitrogen and oxygen atoms in total. The van der Waals surface area contributed by atoms with Crippen LogP contribution in [0.1, 0.15) is 18.4 Å². The van der Waals surface area contributed by atoms with Crippen molar-refractivity contribution in [2.75, 3.05) is 5.32 Å². The zero-order valence-electron chi connectivity index (χ0n) is 12.0. The van der Waals surface area contributed by atoms with E-state index in [2.05, 4.69) is 5.32 Å². The number of amides is 1. The van der Waals surface area contributed by atoms with Crippen LogP contribution in [0.25, 0.3) is 0 Å². The number of rotatable bonds is 4.